The molecule has 0 saturated heterocycles. The quantitative estimate of drug-likeness (QED) is 0.673. The first-order chi connectivity index (χ1) is 11.0. The van der Waals surface area contributed by atoms with Crippen LogP contribution in [0.15, 0.2) is 17.5 Å². The van der Waals surface area contributed by atoms with Gasteiger partial charge in [0.2, 0.25) is 0 Å². The van der Waals surface area contributed by atoms with Gasteiger partial charge in [0, 0.05) is 0 Å². The molecule has 0 aliphatic carbocycles. The Kier molecular flexibility index (Phi) is 3.97. The number of carbonyl (C=O) groups excluding carboxylic acids is 2. The van der Waals surface area contributed by atoms with Crippen LogP contribution in [0.2, 0.25) is 0 Å². The number of nitrogens with one attached hydrogen (secondary N) is 2. The molecule has 3 rings (SSSR count). The molecule has 0 saturated carbocycles. The van der Waals surface area contributed by atoms with Gasteiger partial charge < -0.3 is 11.1 Å². The number of H-pyrrole nitrogens is 1. The second kappa shape index (κ2) is 5.94. The number of primary amides is 1. The summed E-state index contributed by atoms with van der Waals surface area (Å²) in [7, 11) is 0. The number of aryl methyl sites for hydroxylation is 2. The Bertz CT molecular complexity index is 879. The number of hydrogen-bond acceptors (Lipinski definition) is 6. The van der Waals surface area contributed by atoms with E-state index < -0.39 is 5.91 Å². The van der Waals surface area contributed by atoms with Crippen LogP contribution in [-0.2, 0) is 0 Å². The number of rotatable bonds is 4. The fourth-order valence-electron chi connectivity index (χ4n) is 2.04. The lowest BCUT2D eigenvalue weighted by Gasteiger charge is -2.04. The van der Waals surface area contributed by atoms with E-state index in [1.807, 2.05) is 17.5 Å². The predicted molar refractivity (Wildman–Crippen MR) is 90.0 cm³/mol. The van der Waals surface area contributed by atoms with Crippen molar-refractivity contribution in [3.8, 4) is 9.88 Å². The van der Waals surface area contributed by atoms with Crippen molar-refractivity contribution in [1.82, 2.24) is 15.2 Å². The van der Waals surface area contributed by atoms with Crippen LogP contribution < -0.4 is 11.1 Å². The second-order valence-corrected chi connectivity index (χ2v) is 6.75. The summed E-state index contributed by atoms with van der Waals surface area (Å²) in [5.41, 5.74) is 6.77. The van der Waals surface area contributed by atoms with Gasteiger partial charge in [-0.2, -0.15) is 5.10 Å². The molecule has 3 heterocycles. The Balaban J connectivity index is 1.90. The number of anilines is 1. The molecule has 0 aliphatic rings. The molecule has 0 atom stereocenters. The fraction of sp³-hybridized carbons (Fsp3) is 0.143. The summed E-state index contributed by atoms with van der Waals surface area (Å²) < 4.78 is 0. The van der Waals surface area contributed by atoms with Crippen molar-refractivity contribution in [2.75, 3.05) is 5.32 Å². The molecular weight excluding hydrogens is 334 g/mol. The van der Waals surface area contributed by atoms with Crippen LogP contribution in [0.3, 0.4) is 0 Å². The van der Waals surface area contributed by atoms with Crippen molar-refractivity contribution in [1.29, 1.82) is 0 Å². The third-order valence-electron chi connectivity index (χ3n) is 3.15. The molecule has 0 bridgehead atoms. The van der Waals surface area contributed by atoms with Crippen molar-refractivity contribution in [3.05, 3.63) is 39.5 Å². The lowest BCUT2D eigenvalue weighted by atomic mass is 10.2. The van der Waals surface area contributed by atoms with E-state index in [1.165, 1.54) is 11.3 Å². The largest absolute Gasteiger partial charge is 0.364 e. The number of aromatic amines is 1. The smallest absolute Gasteiger partial charge is 0.271 e. The van der Waals surface area contributed by atoms with E-state index in [9.17, 15) is 9.59 Å². The zero-order valence-corrected chi connectivity index (χ0v) is 14.0. The number of hydrogen-bond donors (Lipinski definition) is 3. The molecule has 0 unspecified atom stereocenters. The summed E-state index contributed by atoms with van der Waals surface area (Å²) in [6, 6.07) is 3.89. The molecule has 7 nitrogen and oxygen atoms in total. The molecular formula is C14H13N5O2S2. The minimum Gasteiger partial charge on any atom is -0.364 e. The van der Waals surface area contributed by atoms with Crippen molar-refractivity contribution in [2.24, 2.45) is 5.73 Å². The number of carbonyl (C=O) groups is 2. The Morgan fingerprint density at radius 3 is 2.78 bits per heavy atom. The number of aromatic nitrogens is 3. The van der Waals surface area contributed by atoms with E-state index in [0.717, 1.165) is 9.88 Å². The maximum atomic E-state index is 12.5. The number of nitrogens with two attached hydrogens (primary N) is 1. The molecule has 0 fully saturated rings. The molecule has 0 aromatic carbocycles. The van der Waals surface area contributed by atoms with E-state index in [-0.39, 0.29) is 11.6 Å². The Morgan fingerprint density at radius 2 is 2.13 bits per heavy atom. The summed E-state index contributed by atoms with van der Waals surface area (Å²) in [4.78, 5) is 29.8. The topological polar surface area (TPSA) is 114 Å². The standard InChI is InChI=1S/C14H13N5O2S2/c1-6-9(10(12(15)20)19-18-6)17-13(21)11-7(2)16-14(23-11)8-4-3-5-22-8/h3-5H,1-2H3,(H2,15,20)(H,17,21)(H,18,19). The zero-order chi connectivity index (χ0) is 16.6. The first kappa shape index (κ1) is 15.4. The van der Waals surface area contributed by atoms with E-state index in [0.29, 0.717) is 22.0 Å². The van der Waals surface area contributed by atoms with E-state index in [4.69, 9.17) is 5.73 Å². The highest BCUT2D eigenvalue weighted by atomic mass is 32.1. The number of thiophene rings is 1. The molecule has 0 radical (unpaired) electrons. The first-order valence-corrected chi connectivity index (χ1v) is 8.34. The van der Waals surface area contributed by atoms with E-state index >= 15 is 0 Å². The van der Waals surface area contributed by atoms with Gasteiger partial charge in [-0.25, -0.2) is 4.98 Å². The van der Waals surface area contributed by atoms with Crippen LogP contribution in [0.4, 0.5) is 5.69 Å². The summed E-state index contributed by atoms with van der Waals surface area (Å²) in [6.07, 6.45) is 0. The predicted octanol–water partition coefficient (Wildman–Crippen LogP) is 2.56. The molecule has 2 amide bonds. The molecule has 23 heavy (non-hydrogen) atoms. The third-order valence-corrected chi connectivity index (χ3v) is 5.35. The minimum atomic E-state index is -0.704. The van der Waals surface area contributed by atoms with Gasteiger partial charge in [0.25, 0.3) is 11.8 Å². The summed E-state index contributed by atoms with van der Waals surface area (Å²) in [5.74, 6) is -1.04. The average molecular weight is 347 g/mol. The Hall–Kier alpha value is -2.52. The molecule has 9 heteroatoms. The molecule has 118 valence electrons. The first-order valence-electron chi connectivity index (χ1n) is 6.64. The van der Waals surface area contributed by atoms with Crippen molar-refractivity contribution >= 4 is 40.2 Å². The summed E-state index contributed by atoms with van der Waals surface area (Å²) in [6.45, 7) is 3.48. The molecule has 3 aromatic heterocycles. The van der Waals surface area contributed by atoms with Gasteiger partial charge in [-0.3, -0.25) is 14.7 Å². The van der Waals surface area contributed by atoms with Crippen LogP contribution in [0.5, 0.6) is 0 Å². The van der Waals surface area contributed by atoms with Gasteiger partial charge in [0.05, 0.1) is 22.0 Å². The Morgan fingerprint density at radius 1 is 1.35 bits per heavy atom. The van der Waals surface area contributed by atoms with Gasteiger partial charge in [-0.1, -0.05) is 6.07 Å². The minimum absolute atomic E-state index is 0.0106. The Labute approximate surface area is 139 Å². The summed E-state index contributed by atoms with van der Waals surface area (Å²) in [5, 5.41) is 11.9. The van der Waals surface area contributed by atoms with Gasteiger partial charge in [0.15, 0.2) is 5.69 Å². The van der Waals surface area contributed by atoms with Gasteiger partial charge in [-0.05, 0) is 25.3 Å². The average Bonchev–Trinajstić information content (AvgIpc) is 3.19. The maximum absolute atomic E-state index is 12.5. The molecule has 3 aromatic rings. The van der Waals surface area contributed by atoms with Crippen LogP contribution in [-0.4, -0.2) is 27.0 Å². The van der Waals surface area contributed by atoms with Crippen LogP contribution >= 0.6 is 22.7 Å². The molecule has 0 spiro atoms. The maximum Gasteiger partial charge on any atom is 0.271 e. The normalized spacial score (nSPS) is 10.7. The highest BCUT2D eigenvalue weighted by Gasteiger charge is 2.21. The number of amides is 2. The highest BCUT2D eigenvalue weighted by molar-refractivity contribution is 7.22. The second-order valence-electron chi connectivity index (χ2n) is 4.80. The SMILES string of the molecule is Cc1nc(-c2cccs2)sc1C(=O)Nc1c(C(N)=O)n[nH]c1C. The molecule has 4 N–H and O–H groups in total. The third kappa shape index (κ3) is 2.88. The van der Waals surface area contributed by atoms with Crippen molar-refractivity contribution in [3.63, 3.8) is 0 Å². The van der Waals surface area contributed by atoms with Crippen molar-refractivity contribution in [2.45, 2.75) is 13.8 Å². The lowest BCUT2D eigenvalue weighted by Crippen LogP contribution is -2.18. The summed E-state index contributed by atoms with van der Waals surface area (Å²) >= 11 is 2.87. The van der Waals surface area contributed by atoms with Crippen LogP contribution in [0, 0.1) is 13.8 Å². The zero-order valence-electron chi connectivity index (χ0n) is 12.3. The lowest BCUT2D eigenvalue weighted by molar-refractivity contribution is 0.0996. The highest BCUT2D eigenvalue weighted by Crippen LogP contribution is 2.31. The van der Waals surface area contributed by atoms with Crippen LogP contribution in [0.25, 0.3) is 9.88 Å². The fourth-order valence-corrected chi connectivity index (χ4v) is 3.80. The number of thiazole rings is 1. The van der Waals surface area contributed by atoms with E-state index in [1.54, 1.807) is 25.2 Å². The van der Waals surface area contributed by atoms with Gasteiger partial charge >= 0.3 is 0 Å². The molecule has 0 aliphatic heterocycles. The van der Waals surface area contributed by atoms with Gasteiger partial charge in [-0.15, -0.1) is 22.7 Å². The van der Waals surface area contributed by atoms with Crippen molar-refractivity contribution < 1.29 is 9.59 Å². The monoisotopic (exact) mass is 347 g/mol. The van der Waals surface area contributed by atoms with Gasteiger partial charge in [0.1, 0.15) is 9.88 Å². The van der Waals surface area contributed by atoms with Crippen LogP contribution in [0.1, 0.15) is 31.5 Å². The van der Waals surface area contributed by atoms with E-state index in [2.05, 4.69) is 20.5 Å². The number of nitrogens with zero attached hydrogens (tertiary/aromatic N) is 2.